The molecule has 2 heterocycles. The van der Waals surface area contributed by atoms with E-state index in [1.807, 2.05) is 0 Å². The Labute approximate surface area is 71.7 Å². The van der Waals surface area contributed by atoms with Crippen LogP contribution < -0.4 is 0 Å². The largest absolute Gasteiger partial charge is 0.376 e. The van der Waals surface area contributed by atoms with Crippen LogP contribution in [0, 0.1) is 0 Å². The van der Waals surface area contributed by atoms with Crippen molar-refractivity contribution in [2.24, 2.45) is 0 Å². The zero-order valence-corrected chi connectivity index (χ0v) is 7.46. The monoisotopic (exact) mass is 167 g/mol. The van der Waals surface area contributed by atoms with Gasteiger partial charge in [0.15, 0.2) is 0 Å². The van der Waals surface area contributed by atoms with Crippen molar-refractivity contribution in [2.75, 3.05) is 6.61 Å². The lowest BCUT2D eigenvalue weighted by Crippen LogP contribution is -2.09. The maximum absolute atomic E-state index is 5.35. The third kappa shape index (κ3) is 1.14. The minimum Gasteiger partial charge on any atom is -0.376 e. The van der Waals surface area contributed by atoms with Crippen molar-refractivity contribution in [3.63, 3.8) is 0 Å². The molecule has 0 atom stereocenters. The normalized spacial score (nSPS) is 16.6. The Morgan fingerprint density at radius 3 is 3.00 bits per heavy atom. The molecule has 3 heteroatoms. The van der Waals surface area contributed by atoms with Gasteiger partial charge in [0.2, 0.25) is 0 Å². The van der Waals surface area contributed by atoms with Crippen LogP contribution in [0.1, 0.15) is 36.8 Å². The molecule has 0 fully saturated rings. The molecule has 1 aromatic rings. The van der Waals surface area contributed by atoms with E-state index in [0.29, 0.717) is 12.5 Å². The Kier molecular flexibility index (Phi) is 1.89. The summed E-state index contributed by atoms with van der Waals surface area (Å²) < 4.78 is 10.6. The Balaban J connectivity index is 2.38. The molecule has 66 valence electrons. The third-order valence-corrected chi connectivity index (χ3v) is 2.17. The van der Waals surface area contributed by atoms with Gasteiger partial charge in [0.25, 0.3) is 0 Å². The molecule has 0 N–H and O–H groups in total. The van der Waals surface area contributed by atoms with Crippen LogP contribution in [0.5, 0.6) is 0 Å². The second-order valence-corrected chi connectivity index (χ2v) is 3.43. The van der Waals surface area contributed by atoms with Crippen LogP contribution in [0.3, 0.4) is 0 Å². The molecule has 0 amide bonds. The van der Waals surface area contributed by atoms with E-state index in [0.717, 1.165) is 24.5 Å². The number of hydrogen-bond acceptors (Lipinski definition) is 3. The van der Waals surface area contributed by atoms with Crippen molar-refractivity contribution < 1.29 is 9.26 Å². The number of hydrogen-bond donors (Lipinski definition) is 0. The highest BCUT2D eigenvalue weighted by atomic mass is 16.5. The standard InChI is InChI=1S/C9H13NO2/c1-6(2)9-7-5-11-4-3-8(7)12-10-9/h6H,3-5H2,1-2H3. The second-order valence-electron chi connectivity index (χ2n) is 3.43. The molecule has 0 saturated heterocycles. The van der Waals surface area contributed by atoms with E-state index in [-0.39, 0.29) is 0 Å². The van der Waals surface area contributed by atoms with E-state index in [2.05, 4.69) is 19.0 Å². The number of aromatic nitrogens is 1. The van der Waals surface area contributed by atoms with Crippen LogP contribution in [0.2, 0.25) is 0 Å². The topological polar surface area (TPSA) is 35.3 Å². The lowest BCUT2D eigenvalue weighted by atomic mass is 10.0. The number of rotatable bonds is 1. The highest BCUT2D eigenvalue weighted by molar-refractivity contribution is 5.25. The van der Waals surface area contributed by atoms with Gasteiger partial charge in [-0.05, 0) is 5.92 Å². The molecule has 0 unspecified atom stereocenters. The van der Waals surface area contributed by atoms with Crippen molar-refractivity contribution in [1.29, 1.82) is 0 Å². The van der Waals surface area contributed by atoms with Crippen molar-refractivity contribution in [2.45, 2.75) is 32.8 Å². The van der Waals surface area contributed by atoms with Gasteiger partial charge in [-0.15, -0.1) is 0 Å². The van der Waals surface area contributed by atoms with Gasteiger partial charge in [-0.2, -0.15) is 0 Å². The summed E-state index contributed by atoms with van der Waals surface area (Å²) in [4.78, 5) is 0. The fourth-order valence-electron chi connectivity index (χ4n) is 1.50. The highest BCUT2D eigenvalue weighted by Gasteiger charge is 2.21. The lowest BCUT2D eigenvalue weighted by Gasteiger charge is -2.11. The molecule has 12 heavy (non-hydrogen) atoms. The molecule has 2 rings (SSSR count). The molecule has 0 bridgehead atoms. The van der Waals surface area contributed by atoms with Crippen LogP contribution in [0.15, 0.2) is 4.52 Å². The maximum atomic E-state index is 5.35. The highest BCUT2D eigenvalue weighted by Crippen LogP contribution is 2.25. The van der Waals surface area contributed by atoms with E-state index >= 15 is 0 Å². The summed E-state index contributed by atoms with van der Waals surface area (Å²) in [7, 11) is 0. The summed E-state index contributed by atoms with van der Waals surface area (Å²) >= 11 is 0. The fraction of sp³-hybridized carbons (Fsp3) is 0.667. The smallest absolute Gasteiger partial charge is 0.144 e. The Hall–Kier alpha value is -0.830. The Morgan fingerprint density at radius 1 is 1.42 bits per heavy atom. The first kappa shape index (κ1) is 7.80. The van der Waals surface area contributed by atoms with E-state index in [1.165, 1.54) is 5.56 Å². The minimum absolute atomic E-state index is 0.430. The van der Waals surface area contributed by atoms with Crippen molar-refractivity contribution in [3.8, 4) is 0 Å². The first-order valence-corrected chi connectivity index (χ1v) is 4.34. The molecule has 1 aromatic heterocycles. The summed E-state index contributed by atoms with van der Waals surface area (Å²) in [5, 5.41) is 4.04. The van der Waals surface area contributed by atoms with E-state index in [4.69, 9.17) is 9.26 Å². The summed E-state index contributed by atoms with van der Waals surface area (Å²) in [6, 6.07) is 0. The van der Waals surface area contributed by atoms with E-state index in [1.54, 1.807) is 0 Å². The number of fused-ring (bicyclic) bond motifs is 1. The fourth-order valence-corrected chi connectivity index (χ4v) is 1.50. The predicted octanol–water partition coefficient (Wildman–Crippen LogP) is 1.87. The van der Waals surface area contributed by atoms with Crippen LogP contribution in [-0.4, -0.2) is 11.8 Å². The summed E-state index contributed by atoms with van der Waals surface area (Å²) in [5.74, 6) is 1.45. The summed E-state index contributed by atoms with van der Waals surface area (Å²) in [6.45, 7) is 5.67. The molecule has 0 spiro atoms. The van der Waals surface area contributed by atoms with Gasteiger partial charge in [-0.1, -0.05) is 19.0 Å². The molecule has 0 saturated carbocycles. The quantitative estimate of drug-likeness (QED) is 0.640. The Bertz CT molecular complexity index is 278. The minimum atomic E-state index is 0.430. The van der Waals surface area contributed by atoms with Crippen molar-refractivity contribution >= 4 is 0 Å². The summed E-state index contributed by atoms with van der Waals surface area (Å²) in [6.07, 6.45) is 0.870. The van der Waals surface area contributed by atoms with Crippen molar-refractivity contribution in [1.82, 2.24) is 5.16 Å². The number of ether oxygens (including phenoxy) is 1. The zero-order chi connectivity index (χ0) is 8.55. The second kappa shape index (κ2) is 2.90. The third-order valence-electron chi connectivity index (χ3n) is 2.17. The van der Waals surface area contributed by atoms with Gasteiger partial charge < -0.3 is 9.26 Å². The molecule has 0 aromatic carbocycles. The first-order chi connectivity index (χ1) is 5.79. The maximum Gasteiger partial charge on any atom is 0.144 e. The molecule has 0 radical (unpaired) electrons. The molecular weight excluding hydrogens is 154 g/mol. The van der Waals surface area contributed by atoms with E-state index in [9.17, 15) is 0 Å². The summed E-state index contributed by atoms with van der Waals surface area (Å²) in [5.41, 5.74) is 2.24. The Morgan fingerprint density at radius 2 is 2.25 bits per heavy atom. The van der Waals surface area contributed by atoms with Crippen molar-refractivity contribution in [3.05, 3.63) is 17.0 Å². The SMILES string of the molecule is CC(C)c1noc2c1COCC2. The van der Waals surface area contributed by atoms with Gasteiger partial charge in [0.1, 0.15) is 5.76 Å². The average Bonchev–Trinajstić information content (AvgIpc) is 2.47. The van der Waals surface area contributed by atoms with Crippen LogP contribution in [0.4, 0.5) is 0 Å². The number of nitrogens with zero attached hydrogens (tertiary/aromatic N) is 1. The molecule has 0 aliphatic carbocycles. The molecule has 3 nitrogen and oxygen atoms in total. The van der Waals surface area contributed by atoms with Gasteiger partial charge in [-0.25, -0.2) is 0 Å². The van der Waals surface area contributed by atoms with Gasteiger partial charge >= 0.3 is 0 Å². The predicted molar refractivity (Wildman–Crippen MR) is 44.0 cm³/mol. The van der Waals surface area contributed by atoms with Gasteiger partial charge in [-0.3, -0.25) is 0 Å². The first-order valence-electron chi connectivity index (χ1n) is 4.34. The lowest BCUT2D eigenvalue weighted by molar-refractivity contribution is 0.102. The van der Waals surface area contributed by atoms with Crippen LogP contribution in [0.25, 0.3) is 0 Å². The van der Waals surface area contributed by atoms with Gasteiger partial charge in [0, 0.05) is 12.0 Å². The van der Waals surface area contributed by atoms with Gasteiger partial charge in [0.05, 0.1) is 18.9 Å². The van der Waals surface area contributed by atoms with Crippen LogP contribution in [-0.2, 0) is 17.8 Å². The van der Waals surface area contributed by atoms with E-state index < -0.39 is 0 Å². The molecular formula is C9H13NO2. The average molecular weight is 167 g/mol. The molecule has 1 aliphatic heterocycles. The zero-order valence-electron chi connectivity index (χ0n) is 7.46. The molecule has 1 aliphatic rings. The van der Waals surface area contributed by atoms with Crippen LogP contribution >= 0.6 is 0 Å².